The molecule has 0 unspecified atom stereocenters. The van der Waals surface area contributed by atoms with Crippen LogP contribution in [0.2, 0.25) is 0 Å². The molecular weight excluding hydrogens is 224 g/mol. The molecule has 0 saturated carbocycles. The van der Waals surface area contributed by atoms with E-state index in [0.717, 1.165) is 19.4 Å². The number of hydrogen-bond donors (Lipinski definition) is 3. The van der Waals surface area contributed by atoms with Crippen molar-refractivity contribution in [2.45, 2.75) is 31.4 Å². The van der Waals surface area contributed by atoms with Gasteiger partial charge in [0.25, 0.3) is 0 Å². The van der Waals surface area contributed by atoms with Crippen LogP contribution in [0.25, 0.3) is 0 Å². The van der Waals surface area contributed by atoms with Crippen LogP contribution in [-0.2, 0) is 9.59 Å². The molecule has 2 aliphatic heterocycles. The molecule has 0 spiro atoms. The van der Waals surface area contributed by atoms with Gasteiger partial charge in [-0.1, -0.05) is 0 Å². The van der Waals surface area contributed by atoms with Crippen LogP contribution in [-0.4, -0.2) is 58.8 Å². The molecule has 2 saturated heterocycles. The van der Waals surface area contributed by atoms with Crippen molar-refractivity contribution in [2.24, 2.45) is 5.92 Å². The van der Waals surface area contributed by atoms with Gasteiger partial charge in [-0.3, -0.25) is 4.79 Å². The second-order valence-electron chi connectivity index (χ2n) is 4.78. The number of nitrogens with zero attached hydrogens (tertiary/aromatic N) is 1. The first kappa shape index (κ1) is 12.3. The highest BCUT2D eigenvalue weighted by Crippen LogP contribution is 2.23. The Hall–Kier alpha value is -1.14. The molecule has 0 aromatic carbocycles. The zero-order chi connectivity index (χ0) is 12.4. The summed E-state index contributed by atoms with van der Waals surface area (Å²) in [6.45, 7) is 1.67. The SMILES string of the molecule is O=C(O)[C@H]1C[C@@H](O)CN1C(=O)[C@@H]1CCCNC1. The van der Waals surface area contributed by atoms with Gasteiger partial charge in [-0.15, -0.1) is 0 Å². The zero-order valence-electron chi connectivity index (χ0n) is 9.63. The van der Waals surface area contributed by atoms with Gasteiger partial charge >= 0.3 is 5.97 Å². The summed E-state index contributed by atoms with van der Waals surface area (Å²) in [6, 6.07) is -0.862. The summed E-state index contributed by atoms with van der Waals surface area (Å²) in [7, 11) is 0. The van der Waals surface area contributed by atoms with E-state index in [4.69, 9.17) is 5.11 Å². The average Bonchev–Trinajstić information content (AvgIpc) is 2.72. The summed E-state index contributed by atoms with van der Waals surface area (Å²) >= 11 is 0. The molecule has 3 N–H and O–H groups in total. The van der Waals surface area contributed by atoms with E-state index in [0.29, 0.717) is 6.54 Å². The molecule has 6 nitrogen and oxygen atoms in total. The zero-order valence-corrected chi connectivity index (χ0v) is 9.63. The maximum atomic E-state index is 12.2. The Morgan fingerprint density at radius 2 is 2.12 bits per heavy atom. The Bertz CT molecular complexity index is 315. The van der Waals surface area contributed by atoms with Crippen molar-refractivity contribution in [3.05, 3.63) is 0 Å². The van der Waals surface area contributed by atoms with Crippen molar-refractivity contribution in [3.63, 3.8) is 0 Å². The number of carbonyl (C=O) groups is 2. The van der Waals surface area contributed by atoms with Gasteiger partial charge in [0.1, 0.15) is 6.04 Å². The summed E-state index contributed by atoms with van der Waals surface area (Å²) < 4.78 is 0. The molecule has 2 rings (SSSR count). The molecule has 0 aromatic rings. The fraction of sp³-hybridized carbons (Fsp3) is 0.818. The molecule has 0 radical (unpaired) electrons. The third-order valence-electron chi connectivity index (χ3n) is 3.49. The third kappa shape index (κ3) is 2.58. The number of carbonyl (C=O) groups excluding carboxylic acids is 1. The number of piperidine rings is 1. The van der Waals surface area contributed by atoms with E-state index in [1.807, 2.05) is 0 Å². The largest absolute Gasteiger partial charge is 0.480 e. The molecule has 2 aliphatic rings. The summed E-state index contributed by atoms with van der Waals surface area (Å²) in [4.78, 5) is 24.5. The van der Waals surface area contributed by atoms with Crippen molar-refractivity contribution in [2.75, 3.05) is 19.6 Å². The van der Waals surface area contributed by atoms with Crippen LogP contribution in [0.5, 0.6) is 0 Å². The van der Waals surface area contributed by atoms with Crippen LogP contribution < -0.4 is 5.32 Å². The lowest BCUT2D eigenvalue weighted by molar-refractivity contribution is -0.150. The number of amides is 1. The maximum Gasteiger partial charge on any atom is 0.326 e. The fourth-order valence-corrected chi connectivity index (χ4v) is 2.59. The van der Waals surface area contributed by atoms with Crippen LogP contribution in [0.15, 0.2) is 0 Å². The van der Waals surface area contributed by atoms with Gasteiger partial charge in [0.2, 0.25) is 5.91 Å². The van der Waals surface area contributed by atoms with Crippen LogP contribution >= 0.6 is 0 Å². The number of aliphatic carboxylic acids is 1. The highest BCUT2D eigenvalue weighted by molar-refractivity contribution is 5.86. The minimum absolute atomic E-state index is 0.138. The quantitative estimate of drug-likeness (QED) is 0.580. The van der Waals surface area contributed by atoms with Gasteiger partial charge in [0, 0.05) is 19.5 Å². The molecule has 96 valence electrons. The van der Waals surface area contributed by atoms with E-state index >= 15 is 0 Å². The maximum absolute atomic E-state index is 12.2. The number of nitrogens with one attached hydrogen (secondary N) is 1. The minimum atomic E-state index is -1.03. The number of hydrogen-bond acceptors (Lipinski definition) is 4. The fourth-order valence-electron chi connectivity index (χ4n) is 2.59. The van der Waals surface area contributed by atoms with Crippen LogP contribution in [0.4, 0.5) is 0 Å². The molecule has 0 aliphatic carbocycles. The van der Waals surface area contributed by atoms with E-state index in [1.54, 1.807) is 0 Å². The van der Waals surface area contributed by atoms with Crippen LogP contribution in [0.1, 0.15) is 19.3 Å². The van der Waals surface area contributed by atoms with Gasteiger partial charge < -0.3 is 20.4 Å². The lowest BCUT2D eigenvalue weighted by Gasteiger charge is -2.29. The first-order valence-electron chi connectivity index (χ1n) is 6.01. The van der Waals surface area contributed by atoms with Crippen molar-refractivity contribution >= 4 is 11.9 Å². The molecule has 0 aromatic heterocycles. The van der Waals surface area contributed by atoms with Crippen molar-refractivity contribution in [3.8, 4) is 0 Å². The molecule has 1 amide bonds. The van der Waals surface area contributed by atoms with Crippen LogP contribution in [0.3, 0.4) is 0 Å². The number of rotatable bonds is 2. The number of β-amino-alcohol motifs (C(OH)–C–C–N with tert-alkyl or cyclic N) is 1. The summed E-state index contributed by atoms with van der Waals surface area (Å²) in [5.41, 5.74) is 0. The minimum Gasteiger partial charge on any atom is -0.480 e. The first-order valence-corrected chi connectivity index (χ1v) is 6.01. The number of carboxylic acids is 1. The lowest BCUT2D eigenvalue weighted by atomic mass is 9.98. The highest BCUT2D eigenvalue weighted by atomic mass is 16.4. The normalized spacial score (nSPS) is 33.7. The average molecular weight is 242 g/mol. The predicted octanol–water partition coefficient (Wildman–Crippen LogP) is -0.968. The predicted molar refractivity (Wildman–Crippen MR) is 59.4 cm³/mol. The van der Waals surface area contributed by atoms with Gasteiger partial charge in [-0.2, -0.15) is 0 Å². The van der Waals surface area contributed by atoms with E-state index in [1.165, 1.54) is 4.90 Å². The molecule has 17 heavy (non-hydrogen) atoms. The Labute approximate surface area is 99.6 Å². The van der Waals surface area contributed by atoms with Crippen LogP contribution in [0, 0.1) is 5.92 Å². The van der Waals surface area contributed by atoms with E-state index < -0.39 is 18.1 Å². The highest BCUT2D eigenvalue weighted by Gasteiger charge is 2.41. The summed E-state index contributed by atoms with van der Waals surface area (Å²) in [5.74, 6) is -1.31. The number of carboxylic acid groups (broad SMARTS) is 1. The van der Waals surface area contributed by atoms with Gasteiger partial charge in [0.05, 0.1) is 12.0 Å². The van der Waals surface area contributed by atoms with Gasteiger partial charge in [-0.05, 0) is 19.4 Å². The second kappa shape index (κ2) is 5.01. The molecule has 2 fully saturated rings. The van der Waals surface area contributed by atoms with Crippen molar-refractivity contribution in [1.82, 2.24) is 10.2 Å². The Morgan fingerprint density at radius 3 is 2.71 bits per heavy atom. The molecule has 3 atom stereocenters. The smallest absolute Gasteiger partial charge is 0.326 e. The Kier molecular flexibility index (Phi) is 3.63. The number of aliphatic hydroxyl groups excluding tert-OH is 1. The Morgan fingerprint density at radius 1 is 1.35 bits per heavy atom. The third-order valence-corrected chi connectivity index (χ3v) is 3.49. The topological polar surface area (TPSA) is 89.9 Å². The molecular formula is C11H18N2O4. The Balaban J connectivity index is 2.04. The standard InChI is InChI=1S/C11H18N2O4/c14-8-4-9(11(16)17)13(6-8)10(15)7-2-1-3-12-5-7/h7-9,12,14H,1-6H2,(H,16,17)/t7-,8-,9-/m1/s1. The number of likely N-dealkylation sites (tertiary alicyclic amines) is 1. The summed E-state index contributed by atoms with van der Waals surface area (Å²) in [6.07, 6.45) is 1.16. The number of aliphatic hydroxyl groups is 1. The second-order valence-corrected chi connectivity index (χ2v) is 4.78. The van der Waals surface area contributed by atoms with Crippen molar-refractivity contribution in [1.29, 1.82) is 0 Å². The van der Waals surface area contributed by atoms with E-state index in [9.17, 15) is 14.7 Å². The lowest BCUT2D eigenvalue weighted by Crippen LogP contribution is -2.47. The molecule has 2 heterocycles. The van der Waals surface area contributed by atoms with Gasteiger partial charge in [-0.25, -0.2) is 4.79 Å². The first-order chi connectivity index (χ1) is 8.09. The van der Waals surface area contributed by atoms with E-state index in [-0.39, 0.29) is 24.8 Å². The van der Waals surface area contributed by atoms with Gasteiger partial charge in [0.15, 0.2) is 0 Å². The monoisotopic (exact) mass is 242 g/mol. The molecule has 6 heteroatoms. The van der Waals surface area contributed by atoms with Crippen molar-refractivity contribution < 1.29 is 19.8 Å². The molecule has 0 bridgehead atoms. The summed E-state index contributed by atoms with van der Waals surface area (Å²) in [5, 5.41) is 21.7. The van der Waals surface area contributed by atoms with E-state index in [2.05, 4.69) is 5.32 Å².